The van der Waals surface area contributed by atoms with E-state index in [1.807, 2.05) is 6.07 Å². The third-order valence-electron chi connectivity index (χ3n) is 5.23. The van der Waals surface area contributed by atoms with E-state index in [9.17, 15) is 9.00 Å². The van der Waals surface area contributed by atoms with Crippen LogP contribution in [0.2, 0.25) is 5.02 Å². The molecule has 0 bridgehead atoms. The van der Waals surface area contributed by atoms with E-state index in [1.54, 1.807) is 18.4 Å². The molecule has 2 aromatic rings. The maximum atomic E-state index is 13.1. The number of benzene rings is 1. The lowest BCUT2D eigenvalue weighted by Crippen LogP contribution is -2.24. The molecular formula is C22H24ClN3O3S. The van der Waals surface area contributed by atoms with Crippen molar-refractivity contribution < 1.29 is 14.1 Å². The highest BCUT2D eigenvalue weighted by Crippen LogP contribution is 2.36. The summed E-state index contributed by atoms with van der Waals surface area (Å²) < 4.78 is 11.8. The number of nitrogens with one attached hydrogen (secondary N) is 1. The second-order valence-electron chi connectivity index (χ2n) is 7.32. The second kappa shape index (κ2) is 10.7. The Morgan fingerprint density at radius 2 is 2.10 bits per heavy atom. The predicted octanol–water partition coefficient (Wildman–Crippen LogP) is 3.51. The molecular weight excluding hydrogens is 422 g/mol. The Kier molecular flexibility index (Phi) is 7.97. The number of nitrogens with zero attached hydrogens (tertiary/aromatic N) is 2. The predicted molar refractivity (Wildman–Crippen MR) is 118 cm³/mol. The van der Waals surface area contributed by atoms with E-state index in [1.165, 1.54) is 25.2 Å². The van der Waals surface area contributed by atoms with Gasteiger partial charge in [-0.05, 0) is 36.0 Å². The van der Waals surface area contributed by atoms with Gasteiger partial charge < -0.3 is 10.4 Å². The molecule has 1 saturated carbocycles. The molecule has 1 amide bonds. The minimum atomic E-state index is -1.19. The van der Waals surface area contributed by atoms with Crippen LogP contribution < -0.4 is 5.32 Å². The summed E-state index contributed by atoms with van der Waals surface area (Å²) in [6.07, 6.45) is 9.82. The van der Waals surface area contributed by atoms with Gasteiger partial charge in [0.2, 0.25) is 5.91 Å². The Balaban J connectivity index is 1.81. The van der Waals surface area contributed by atoms with Gasteiger partial charge in [-0.3, -0.25) is 9.00 Å². The normalized spacial score (nSPS) is 15.8. The lowest BCUT2D eigenvalue weighted by atomic mass is 9.87. The fraction of sp³-hybridized carbons (Fsp3) is 0.409. The van der Waals surface area contributed by atoms with Crippen LogP contribution in [0.4, 0.5) is 5.82 Å². The minimum absolute atomic E-state index is 0.174. The number of aromatic nitrogens is 2. The average Bonchev–Trinajstić information content (AvgIpc) is 3.24. The molecule has 2 unspecified atom stereocenters. The van der Waals surface area contributed by atoms with Crippen molar-refractivity contribution in [2.45, 2.75) is 42.9 Å². The molecule has 3 rings (SSSR count). The number of carbonyl (C=O) groups is 1. The van der Waals surface area contributed by atoms with Gasteiger partial charge in [-0.25, -0.2) is 9.97 Å². The Labute approximate surface area is 183 Å². The monoisotopic (exact) mass is 445 g/mol. The van der Waals surface area contributed by atoms with Crippen molar-refractivity contribution in [3.05, 3.63) is 46.9 Å². The molecule has 0 spiro atoms. The maximum absolute atomic E-state index is 13.1. The van der Waals surface area contributed by atoms with E-state index in [0.29, 0.717) is 27.3 Å². The number of aliphatic hydroxyl groups excluding tert-OH is 1. The Hall–Kier alpha value is -2.27. The molecule has 1 heterocycles. The van der Waals surface area contributed by atoms with Crippen LogP contribution in [0, 0.1) is 17.8 Å². The number of anilines is 1. The Morgan fingerprint density at radius 1 is 1.33 bits per heavy atom. The van der Waals surface area contributed by atoms with Crippen molar-refractivity contribution in [3.63, 3.8) is 0 Å². The summed E-state index contributed by atoms with van der Waals surface area (Å²) in [6, 6.07) is 5.31. The van der Waals surface area contributed by atoms with Crippen LogP contribution in [-0.2, 0) is 15.6 Å². The first kappa shape index (κ1) is 22.4. The number of aliphatic hydroxyl groups is 1. The molecule has 1 aromatic carbocycles. The smallest absolute Gasteiger partial charge is 0.233 e. The van der Waals surface area contributed by atoms with Crippen molar-refractivity contribution in [1.82, 2.24) is 9.97 Å². The van der Waals surface area contributed by atoms with Gasteiger partial charge >= 0.3 is 0 Å². The van der Waals surface area contributed by atoms with Crippen LogP contribution >= 0.6 is 11.6 Å². The highest BCUT2D eigenvalue weighted by molar-refractivity contribution is 7.84. The lowest BCUT2D eigenvalue weighted by molar-refractivity contribution is -0.118. The molecule has 158 valence electrons. The van der Waals surface area contributed by atoms with Gasteiger partial charge in [0.1, 0.15) is 12.3 Å². The molecule has 1 aliphatic rings. The highest BCUT2D eigenvalue weighted by Gasteiger charge is 2.27. The zero-order valence-electron chi connectivity index (χ0n) is 16.7. The van der Waals surface area contributed by atoms with Gasteiger partial charge in [0.25, 0.3) is 0 Å². The van der Waals surface area contributed by atoms with Crippen LogP contribution in [0.15, 0.2) is 35.5 Å². The molecule has 1 fully saturated rings. The molecule has 8 heteroatoms. The highest BCUT2D eigenvalue weighted by atomic mass is 35.5. The number of amides is 1. The SMILES string of the molecule is CS(=O)c1ccc(C(CC2CCCC2)C(=O)Nc2cnc(C#CCO)cn2)cc1Cl. The van der Waals surface area contributed by atoms with Gasteiger partial charge in [0, 0.05) is 6.26 Å². The van der Waals surface area contributed by atoms with Gasteiger partial charge in [0.05, 0.1) is 39.0 Å². The molecule has 2 N–H and O–H groups in total. The van der Waals surface area contributed by atoms with Gasteiger partial charge in [-0.2, -0.15) is 0 Å². The summed E-state index contributed by atoms with van der Waals surface area (Å²) in [5.41, 5.74) is 1.22. The fourth-order valence-electron chi connectivity index (χ4n) is 3.74. The minimum Gasteiger partial charge on any atom is -0.384 e. The van der Waals surface area contributed by atoms with Gasteiger partial charge in [-0.15, -0.1) is 0 Å². The van der Waals surface area contributed by atoms with Crippen molar-refractivity contribution in [3.8, 4) is 11.8 Å². The largest absolute Gasteiger partial charge is 0.384 e. The maximum Gasteiger partial charge on any atom is 0.233 e. The summed E-state index contributed by atoms with van der Waals surface area (Å²) in [4.78, 5) is 22.0. The Bertz CT molecular complexity index is 979. The van der Waals surface area contributed by atoms with E-state index in [4.69, 9.17) is 16.7 Å². The summed E-state index contributed by atoms with van der Waals surface area (Å²) in [6.45, 7) is -0.254. The number of hydrogen-bond acceptors (Lipinski definition) is 5. The third kappa shape index (κ3) is 5.88. The zero-order valence-corrected chi connectivity index (χ0v) is 18.3. The topological polar surface area (TPSA) is 92.2 Å². The standard InChI is InChI=1S/C22H24ClN3O3S/c1-30(29)20-9-8-16(12-19(20)23)18(11-15-5-2-3-6-15)22(28)26-21-14-24-17(13-25-21)7-4-10-27/h8-9,12-15,18,27H,2-3,5-6,10-11H2,1H3,(H,25,26,28). The lowest BCUT2D eigenvalue weighted by Gasteiger charge is -2.21. The molecule has 0 radical (unpaired) electrons. The fourth-order valence-corrected chi connectivity index (χ4v) is 4.85. The van der Waals surface area contributed by atoms with Gasteiger partial charge in [-0.1, -0.05) is 49.3 Å². The van der Waals surface area contributed by atoms with Crippen LogP contribution in [-0.4, -0.2) is 38.1 Å². The Morgan fingerprint density at radius 3 is 2.70 bits per heavy atom. The van der Waals surface area contributed by atoms with E-state index in [-0.39, 0.29) is 18.4 Å². The number of carbonyl (C=O) groups excluding carboxylic acids is 1. The van der Waals surface area contributed by atoms with Crippen LogP contribution in [0.3, 0.4) is 0 Å². The number of halogens is 1. The molecule has 0 saturated heterocycles. The second-order valence-corrected chi connectivity index (χ2v) is 9.07. The van der Waals surface area contributed by atoms with Crippen molar-refractivity contribution in [1.29, 1.82) is 0 Å². The van der Waals surface area contributed by atoms with Crippen LogP contribution in [0.25, 0.3) is 0 Å². The first-order valence-electron chi connectivity index (χ1n) is 9.83. The summed E-state index contributed by atoms with van der Waals surface area (Å²) >= 11 is 6.33. The zero-order chi connectivity index (χ0) is 21.5. The first-order chi connectivity index (χ1) is 14.5. The molecule has 30 heavy (non-hydrogen) atoms. The summed E-state index contributed by atoms with van der Waals surface area (Å²) in [7, 11) is -1.19. The van der Waals surface area contributed by atoms with E-state index >= 15 is 0 Å². The number of hydrogen-bond donors (Lipinski definition) is 2. The van der Waals surface area contributed by atoms with Gasteiger partial charge in [0.15, 0.2) is 5.82 Å². The van der Waals surface area contributed by atoms with E-state index in [2.05, 4.69) is 27.1 Å². The average molecular weight is 446 g/mol. The van der Waals surface area contributed by atoms with Crippen molar-refractivity contribution >= 4 is 34.1 Å². The summed E-state index contributed by atoms with van der Waals surface area (Å²) in [5, 5.41) is 12.0. The van der Waals surface area contributed by atoms with Crippen LogP contribution in [0.5, 0.6) is 0 Å². The van der Waals surface area contributed by atoms with Crippen molar-refractivity contribution in [2.75, 3.05) is 18.2 Å². The first-order valence-corrected chi connectivity index (χ1v) is 11.8. The third-order valence-corrected chi connectivity index (χ3v) is 6.63. The van der Waals surface area contributed by atoms with Crippen molar-refractivity contribution in [2.24, 2.45) is 5.92 Å². The number of rotatable bonds is 6. The van der Waals surface area contributed by atoms with E-state index < -0.39 is 10.8 Å². The van der Waals surface area contributed by atoms with E-state index in [0.717, 1.165) is 24.8 Å². The molecule has 0 aliphatic heterocycles. The summed E-state index contributed by atoms with van der Waals surface area (Å²) in [5.74, 6) is 5.43. The molecule has 1 aliphatic carbocycles. The quantitative estimate of drug-likeness (QED) is 0.664. The molecule has 2 atom stereocenters. The molecule has 1 aromatic heterocycles. The molecule has 6 nitrogen and oxygen atoms in total. The van der Waals surface area contributed by atoms with Crippen LogP contribution in [0.1, 0.15) is 49.3 Å².